The fraction of sp³-hybridized carbons (Fsp3) is 0.250. The molecule has 0 bridgehead atoms. The number of hydrogen-bond acceptors (Lipinski definition) is 8. The summed E-state index contributed by atoms with van der Waals surface area (Å²) in [5.74, 6) is -0.502. The Morgan fingerprint density at radius 2 is 2.24 bits per heavy atom. The van der Waals surface area contributed by atoms with E-state index in [2.05, 4.69) is 19.9 Å². The first-order valence-corrected chi connectivity index (χ1v) is 9.78. The van der Waals surface area contributed by atoms with Gasteiger partial charge in [-0.2, -0.15) is 0 Å². The molecule has 2 rings (SSSR count). The average molecular weight is 410 g/mol. The molecule has 0 aliphatic heterocycles. The summed E-state index contributed by atoms with van der Waals surface area (Å²) < 4.78 is 39.6. The van der Waals surface area contributed by atoms with Crippen molar-refractivity contribution in [2.75, 3.05) is 11.5 Å². The van der Waals surface area contributed by atoms with Gasteiger partial charge in [0.25, 0.3) is 0 Å². The van der Waals surface area contributed by atoms with E-state index in [0.717, 1.165) is 17.8 Å². The average Bonchev–Trinajstić information content (AvgIpc) is 3.00. The molecule has 1 aromatic carbocycles. The summed E-state index contributed by atoms with van der Waals surface area (Å²) in [7, 11) is -3.54. The van der Waals surface area contributed by atoms with Crippen LogP contribution in [-0.4, -0.2) is 41.3 Å². The molecule has 0 unspecified atom stereocenters. The van der Waals surface area contributed by atoms with Gasteiger partial charge >= 0.3 is 0 Å². The number of aromatic nitrogens is 2. The van der Waals surface area contributed by atoms with Gasteiger partial charge in [-0.15, -0.1) is 11.8 Å². The van der Waals surface area contributed by atoms with Crippen LogP contribution in [0.15, 0.2) is 32.8 Å². The van der Waals surface area contributed by atoms with E-state index in [0.29, 0.717) is 12.2 Å². The molecule has 9 nitrogen and oxygen atoms in total. The zero-order valence-electron chi connectivity index (χ0n) is 12.5. The molecule has 0 saturated heterocycles. The van der Waals surface area contributed by atoms with Crippen LogP contribution in [0.4, 0.5) is 10.1 Å². The van der Waals surface area contributed by atoms with Crippen molar-refractivity contribution in [2.45, 2.75) is 11.4 Å². The van der Waals surface area contributed by atoms with Crippen molar-refractivity contribution in [3.05, 3.63) is 34.7 Å². The van der Waals surface area contributed by atoms with E-state index in [-0.39, 0.29) is 33.0 Å². The molecule has 0 spiro atoms. The van der Waals surface area contributed by atoms with Crippen LogP contribution in [0.3, 0.4) is 0 Å². The SMILES string of the molecule is NS(=O)(=O)CCCSc1nonc1C(=Nc1ccc(F)c(Cl)c1)NO. The molecular weight excluding hydrogens is 397 g/mol. The molecule has 0 aliphatic rings. The second-order valence-electron chi connectivity index (χ2n) is 4.66. The van der Waals surface area contributed by atoms with Crippen LogP contribution < -0.4 is 10.6 Å². The van der Waals surface area contributed by atoms with Crippen molar-refractivity contribution in [2.24, 2.45) is 10.1 Å². The van der Waals surface area contributed by atoms with Gasteiger partial charge in [0.05, 0.1) is 16.5 Å². The maximum Gasteiger partial charge on any atom is 0.209 e. The van der Waals surface area contributed by atoms with E-state index < -0.39 is 15.8 Å². The Bertz CT molecular complexity index is 874. The van der Waals surface area contributed by atoms with Crippen molar-refractivity contribution in [3.8, 4) is 0 Å². The standard InChI is InChI=1S/C12H13ClFN5O4S2/c13-8-6-7(2-3-9(8)14)16-11(17-20)10-12(19-23-18-10)24-4-1-5-25(15,21)22/h2-3,6,20H,1,4-5H2,(H,16,17)(H2,15,21,22). The Balaban J connectivity index is 2.14. The normalized spacial score (nSPS) is 12.4. The Labute approximate surface area is 151 Å². The molecule has 0 radical (unpaired) electrons. The minimum absolute atomic E-state index is 0.0992. The predicted molar refractivity (Wildman–Crippen MR) is 90.1 cm³/mol. The van der Waals surface area contributed by atoms with Crippen molar-refractivity contribution >= 4 is 44.9 Å². The highest BCUT2D eigenvalue weighted by Crippen LogP contribution is 2.24. The maximum absolute atomic E-state index is 13.2. The number of aliphatic imine (C=N–C) groups is 1. The number of rotatable bonds is 7. The van der Waals surface area contributed by atoms with Crippen molar-refractivity contribution in [1.29, 1.82) is 0 Å². The molecule has 0 amide bonds. The first-order valence-electron chi connectivity index (χ1n) is 6.70. The summed E-state index contributed by atoms with van der Waals surface area (Å²) in [5.41, 5.74) is 2.22. The zero-order valence-corrected chi connectivity index (χ0v) is 14.9. The molecule has 25 heavy (non-hydrogen) atoms. The molecule has 0 fully saturated rings. The molecular formula is C12H13ClFN5O4S2. The van der Waals surface area contributed by atoms with Gasteiger partial charge in [0.15, 0.2) is 16.6 Å². The van der Waals surface area contributed by atoms with Gasteiger partial charge in [-0.1, -0.05) is 11.6 Å². The summed E-state index contributed by atoms with van der Waals surface area (Å²) in [4.78, 5) is 4.06. The second-order valence-corrected chi connectivity index (χ2v) is 7.88. The van der Waals surface area contributed by atoms with Crippen LogP contribution in [-0.2, 0) is 10.0 Å². The van der Waals surface area contributed by atoms with E-state index >= 15 is 0 Å². The summed E-state index contributed by atoms with van der Waals surface area (Å²) in [6.07, 6.45) is 0.294. The van der Waals surface area contributed by atoms with Gasteiger partial charge in [-0.3, -0.25) is 10.7 Å². The van der Waals surface area contributed by atoms with Crippen LogP contribution in [0.25, 0.3) is 0 Å². The fourth-order valence-electron chi connectivity index (χ4n) is 1.66. The third kappa shape index (κ3) is 5.93. The van der Waals surface area contributed by atoms with Crippen LogP contribution in [0.1, 0.15) is 12.1 Å². The molecule has 2 aromatic rings. The zero-order chi connectivity index (χ0) is 18.4. The van der Waals surface area contributed by atoms with Gasteiger partial charge in [0.2, 0.25) is 10.0 Å². The topological polar surface area (TPSA) is 144 Å². The number of amidine groups is 1. The lowest BCUT2D eigenvalue weighted by Gasteiger charge is -2.04. The lowest BCUT2D eigenvalue weighted by molar-refractivity contribution is 0.234. The highest BCUT2D eigenvalue weighted by atomic mass is 35.5. The number of thioether (sulfide) groups is 1. The summed E-state index contributed by atoms with van der Waals surface area (Å²) in [6.45, 7) is 0. The Hall–Kier alpha value is -1.73. The highest BCUT2D eigenvalue weighted by Gasteiger charge is 2.17. The lowest BCUT2D eigenvalue weighted by Crippen LogP contribution is -2.21. The quantitative estimate of drug-likeness (QED) is 0.206. The van der Waals surface area contributed by atoms with Gasteiger partial charge in [0, 0.05) is 5.75 Å². The van der Waals surface area contributed by atoms with E-state index in [1.807, 2.05) is 5.48 Å². The number of hydroxylamine groups is 1. The number of nitrogens with two attached hydrogens (primary N) is 1. The van der Waals surface area contributed by atoms with Crippen LogP contribution in [0.5, 0.6) is 0 Å². The molecule has 0 aliphatic carbocycles. The highest BCUT2D eigenvalue weighted by molar-refractivity contribution is 7.99. The number of primary sulfonamides is 1. The number of hydrogen-bond donors (Lipinski definition) is 3. The summed E-state index contributed by atoms with van der Waals surface area (Å²) in [5, 5.41) is 21.7. The first-order chi connectivity index (χ1) is 11.8. The third-order valence-electron chi connectivity index (χ3n) is 2.74. The van der Waals surface area contributed by atoms with Crippen molar-refractivity contribution in [1.82, 2.24) is 15.8 Å². The number of nitrogens with zero attached hydrogens (tertiary/aromatic N) is 3. The summed E-state index contributed by atoms with van der Waals surface area (Å²) >= 11 is 6.83. The number of halogens is 2. The Morgan fingerprint density at radius 3 is 2.88 bits per heavy atom. The van der Waals surface area contributed by atoms with Crippen LogP contribution in [0, 0.1) is 5.82 Å². The lowest BCUT2D eigenvalue weighted by atomic mass is 10.3. The van der Waals surface area contributed by atoms with E-state index in [4.69, 9.17) is 16.7 Å². The molecule has 1 aromatic heterocycles. The molecule has 0 saturated carbocycles. The van der Waals surface area contributed by atoms with Gasteiger partial charge in [-0.25, -0.2) is 27.6 Å². The first kappa shape index (κ1) is 19.6. The van der Waals surface area contributed by atoms with Crippen molar-refractivity contribution in [3.63, 3.8) is 0 Å². The van der Waals surface area contributed by atoms with E-state index in [1.54, 1.807) is 0 Å². The molecule has 4 N–H and O–H groups in total. The van der Waals surface area contributed by atoms with E-state index in [9.17, 15) is 18.0 Å². The Morgan fingerprint density at radius 1 is 1.48 bits per heavy atom. The van der Waals surface area contributed by atoms with Gasteiger partial charge < -0.3 is 0 Å². The molecule has 1 heterocycles. The molecule has 0 atom stereocenters. The van der Waals surface area contributed by atoms with Gasteiger partial charge in [0.1, 0.15) is 5.82 Å². The van der Waals surface area contributed by atoms with Gasteiger partial charge in [-0.05, 0) is 34.9 Å². The maximum atomic E-state index is 13.2. The Kier molecular flexibility index (Phi) is 6.72. The second kappa shape index (κ2) is 8.58. The smallest absolute Gasteiger partial charge is 0.209 e. The number of benzene rings is 1. The van der Waals surface area contributed by atoms with E-state index in [1.165, 1.54) is 12.1 Å². The molecule has 13 heteroatoms. The fourth-order valence-corrected chi connectivity index (χ4v) is 3.41. The minimum atomic E-state index is -3.54. The largest absolute Gasteiger partial charge is 0.290 e. The number of nitrogens with one attached hydrogen (secondary N) is 1. The molecule has 136 valence electrons. The summed E-state index contributed by atoms with van der Waals surface area (Å²) in [6, 6.07) is 3.74. The van der Waals surface area contributed by atoms with Crippen molar-refractivity contribution < 1.29 is 22.6 Å². The monoisotopic (exact) mass is 409 g/mol. The van der Waals surface area contributed by atoms with Crippen LogP contribution in [0.2, 0.25) is 5.02 Å². The minimum Gasteiger partial charge on any atom is -0.290 e. The van der Waals surface area contributed by atoms with Crippen LogP contribution >= 0.6 is 23.4 Å². The predicted octanol–water partition coefficient (Wildman–Crippen LogP) is 1.69. The third-order valence-corrected chi connectivity index (χ3v) is 4.93. The number of sulfonamides is 1.